The molecule has 2 atom stereocenters. The zero-order chi connectivity index (χ0) is 20.7. The summed E-state index contributed by atoms with van der Waals surface area (Å²) in [6, 6.07) is 10.3. The van der Waals surface area contributed by atoms with Crippen LogP contribution in [0, 0.1) is 5.41 Å². The number of rotatable bonds is 6. The van der Waals surface area contributed by atoms with Crippen LogP contribution in [0.4, 0.5) is 4.79 Å². The Balaban J connectivity index is 2.00. The van der Waals surface area contributed by atoms with Crippen LogP contribution in [0.25, 0.3) is 0 Å². The standard InChI is InChI=1S/C22H35N3O3/c1-22(2,3)15-19(17-9-6-5-7-10-17)23-21(28)25-13-8-11-18(12-14-25)24(4)16-20(26)27/h5-7,9-10,18-19H,8,11-16H2,1-4H3,(H,23,28)(H,26,27). The normalized spacial score (nSPS) is 19.2. The van der Waals surface area contributed by atoms with Crippen molar-refractivity contribution in [2.75, 3.05) is 26.7 Å². The van der Waals surface area contributed by atoms with Gasteiger partial charge >= 0.3 is 12.0 Å². The number of hydrogen-bond donors (Lipinski definition) is 2. The van der Waals surface area contributed by atoms with Crippen LogP contribution < -0.4 is 5.32 Å². The average Bonchev–Trinajstić information content (AvgIpc) is 2.86. The number of carboxylic acids is 1. The number of hydrogen-bond acceptors (Lipinski definition) is 3. The molecule has 6 nitrogen and oxygen atoms in total. The lowest BCUT2D eigenvalue weighted by molar-refractivity contribution is -0.138. The maximum atomic E-state index is 13.0. The van der Waals surface area contributed by atoms with Gasteiger partial charge in [0.25, 0.3) is 0 Å². The molecule has 1 fully saturated rings. The Kier molecular flexibility index (Phi) is 7.87. The van der Waals surface area contributed by atoms with Gasteiger partial charge in [-0.2, -0.15) is 0 Å². The molecule has 0 saturated carbocycles. The summed E-state index contributed by atoms with van der Waals surface area (Å²) >= 11 is 0. The number of aliphatic carboxylic acids is 1. The van der Waals surface area contributed by atoms with Crippen molar-refractivity contribution < 1.29 is 14.7 Å². The molecule has 1 aliphatic rings. The lowest BCUT2D eigenvalue weighted by Gasteiger charge is -2.30. The highest BCUT2D eigenvalue weighted by Crippen LogP contribution is 2.29. The molecule has 2 N–H and O–H groups in total. The first kappa shape index (κ1) is 22.2. The molecular formula is C22H35N3O3. The van der Waals surface area contributed by atoms with E-state index in [0.717, 1.165) is 31.2 Å². The summed E-state index contributed by atoms with van der Waals surface area (Å²) in [4.78, 5) is 27.7. The SMILES string of the molecule is CN(CC(=O)O)C1CCCN(C(=O)NC(CC(C)(C)C)c2ccccc2)CC1. The van der Waals surface area contributed by atoms with E-state index in [0.29, 0.717) is 13.1 Å². The second-order valence-corrected chi connectivity index (χ2v) is 9.06. The molecule has 1 aromatic rings. The van der Waals surface area contributed by atoms with Crippen molar-refractivity contribution in [3.63, 3.8) is 0 Å². The van der Waals surface area contributed by atoms with E-state index in [1.54, 1.807) is 0 Å². The van der Waals surface area contributed by atoms with Crippen LogP contribution >= 0.6 is 0 Å². The monoisotopic (exact) mass is 389 g/mol. The molecule has 1 aromatic carbocycles. The topological polar surface area (TPSA) is 72.9 Å². The maximum absolute atomic E-state index is 13.0. The van der Waals surface area contributed by atoms with Gasteiger partial charge in [0.2, 0.25) is 0 Å². The molecule has 0 radical (unpaired) electrons. The Hall–Kier alpha value is -2.08. The molecule has 1 saturated heterocycles. The summed E-state index contributed by atoms with van der Waals surface area (Å²) in [5, 5.41) is 12.3. The Bertz CT molecular complexity index is 642. The fourth-order valence-corrected chi connectivity index (χ4v) is 3.86. The van der Waals surface area contributed by atoms with Crippen LogP contribution in [0.5, 0.6) is 0 Å². The molecule has 6 heteroatoms. The largest absolute Gasteiger partial charge is 0.480 e. The van der Waals surface area contributed by atoms with Gasteiger partial charge in [0, 0.05) is 19.1 Å². The average molecular weight is 390 g/mol. The van der Waals surface area contributed by atoms with Gasteiger partial charge in [0.15, 0.2) is 0 Å². The van der Waals surface area contributed by atoms with Crippen LogP contribution in [-0.4, -0.2) is 59.6 Å². The van der Waals surface area contributed by atoms with E-state index in [1.165, 1.54) is 0 Å². The Labute approximate surface area is 168 Å². The molecule has 28 heavy (non-hydrogen) atoms. The number of urea groups is 1. The highest BCUT2D eigenvalue weighted by Gasteiger charge is 2.27. The Morgan fingerprint density at radius 3 is 2.50 bits per heavy atom. The van der Waals surface area contributed by atoms with Crippen molar-refractivity contribution in [1.82, 2.24) is 15.1 Å². The van der Waals surface area contributed by atoms with E-state index < -0.39 is 5.97 Å². The highest BCUT2D eigenvalue weighted by atomic mass is 16.4. The van der Waals surface area contributed by atoms with Gasteiger partial charge in [0.05, 0.1) is 12.6 Å². The molecule has 2 unspecified atom stereocenters. The van der Waals surface area contributed by atoms with Gasteiger partial charge in [-0.15, -0.1) is 0 Å². The fourth-order valence-electron chi connectivity index (χ4n) is 3.86. The van der Waals surface area contributed by atoms with Gasteiger partial charge in [-0.25, -0.2) is 4.79 Å². The first-order valence-corrected chi connectivity index (χ1v) is 10.2. The number of nitrogens with zero attached hydrogens (tertiary/aromatic N) is 2. The maximum Gasteiger partial charge on any atom is 0.317 e. The van der Waals surface area contributed by atoms with E-state index in [1.807, 2.05) is 35.0 Å². The summed E-state index contributed by atoms with van der Waals surface area (Å²) < 4.78 is 0. The van der Waals surface area contributed by atoms with Gasteiger partial charge in [0.1, 0.15) is 0 Å². The molecule has 1 aliphatic heterocycles. The quantitative estimate of drug-likeness (QED) is 0.777. The van der Waals surface area contributed by atoms with E-state index >= 15 is 0 Å². The number of likely N-dealkylation sites (tertiary alicyclic amines) is 1. The smallest absolute Gasteiger partial charge is 0.317 e. The molecule has 0 spiro atoms. The molecular weight excluding hydrogens is 354 g/mol. The number of likely N-dealkylation sites (N-methyl/N-ethyl adjacent to an activating group) is 1. The van der Waals surface area contributed by atoms with Crippen molar-refractivity contribution in [3.05, 3.63) is 35.9 Å². The summed E-state index contributed by atoms with van der Waals surface area (Å²) in [7, 11) is 1.85. The summed E-state index contributed by atoms with van der Waals surface area (Å²) in [5.41, 5.74) is 1.22. The van der Waals surface area contributed by atoms with Gasteiger partial charge in [-0.3, -0.25) is 9.69 Å². The van der Waals surface area contributed by atoms with E-state index in [-0.39, 0.29) is 30.1 Å². The summed E-state index contributed by atoms with van der Waals surface area (Å²) in [6.45, 7) is 7.95. The zero-order valence-corrected chi connectivity index (χ0v) is 17.6. The summed E-state index contributed by atoms with van der Waals surface area (Å²) in [5.74, 6) is -0.811. The predicted octanol–water partition coefficient (Wildman–Crippen LogP) is 3.74. The molecule has 2 amide bonds. The number of benzene rings is 1. The number of carboxylic acid groups (broad SMARTS) is 1. The number of carbonyl (C=O) groups excluding carboxylic acids is 1. The third kappa shape index (κ3) is 7.15. The minimum absolute atomic E-state index is 0.0255. The number of amides is 2. The second kappa shape index (κ2) is 9.92. The van der Waals surface area contributed by atoms with Gasteiger partial charge in [-0.05, 0) is 43.7 Å². The predicted molar refractivity (Wildman–Crippen MR) is 111 cm³/mol. The molecule has 2 rings (SSSR count). The third-order valence-corrected chi connectivity index (χ3v) is 5.31. The molecule has 0 aliphatic carbocycles. The zero-order valence-electron chi connectivity index (χ0n) is 17.6. The molecule has 156 valence electrons. The molecule has 0 bridgehead atoms. The number of carbonyl (C=O) groups is 2. The minimum Gasteiger partial charge on any atom is -0.480 e. The molecule has 1 heterocycles. The van der Waals surface area contributed by atoms with E-state index in [4.69, 9.17) is 5.11 Å². The Morgan fingerprint density at radius 2 is 1.89 bits per heavy atom. The number of nitrogens with one attached hydrogen (secondary N) is 1. The summed E-state index contributed by atoms with van der Waals surface area (Å²) in [6.07, 6.45) is 3.46. The first-order valence-electron chi connectivity index (χ1n) is 10.2. The lowest BCUT2D eigenvalue weighted by atomic mass is 9.85. The van der Waals surface area contributed by atoms with Crippen molar-refractivity contribution in [2.45, 2.75) is 58.5 Å². The van der Waals surface area contributed by atoms with Crippen molar-refractivity contribution in [3.8, 4) is 0 Å². The van der Waals surface area contributed by atoms with Crippen LogP contribution in [0.15, 0.2) is 30.3 Å². The fraction of sp³-hybridized carbons (Fsp3) is 0.636. The highest BCUT2D eigenvalue weighted by molar-refractivity contribution is 5.74. The van der Waals surface area contributed by atoms with Crippen LogP contribution in [0.2, 0.25) is 0 Å². The minimum atomic E-state index is -0.811. The lowest BCUT2D eigenvalue weighted by Crippen LogP contribution is -2.43. The Morgan fingerprint density at radius 1 is 1.21 bits per heavy atom. The van der Waals surface area contributed by atoms with Crippen LogP contribution in [0.1, 0.15) is 58.1 Å². The molecule has 0 aromatic heterocycles. The third-order valence-electron chi connectivity index (χ3n) is 5.31. The van der Waals surface area contributed by atoms with E-state index in [9.17, 15) is 9.59 Å². The van der Waals surface area contributed by atoms with Crippen LogP contribution in [0.3, 0.4) is 0 Å². The van der Waals surface area contributed by atoms with Crippen LogP contribution in [-0.2, 0) is 4.79 Å². The second-order valence-electron chi connectivity index (χ2n) is 9.06. The van der Waals surface area contributed by atoms with Crippen molar-refractivity contribution in [2.24, 2.45) is 5.41 Å². The van der Waals surface area contributed by atoms with E-state index in [2.05, 4.69) is 38.2 Å². The first-order chi connectivity index (χ1) is 13.2. The van der Waals surface area contributed by atoms with Crippen molar-refractivity contribution in [1.29, 1.82) is 0 Å². The van der Waals surface area contributed by atoms with Gasteiger partial charge in [-0.1, -0.05) is 51.1 Å². The van der Waals surface area contributed by atoms with Crippen molar-refractivity contribution >= 4 is 12.0 Å². The van der Waals surface area contributed by atoms with Gasteiger partial charge < -0.3 is 15.3 Å².